The van der Waals surface area contributed by atoms with Crippen LogP contribution >= 0.6 is 0 Å². The minimum Gasteiger partial charge on any atom is -0.497 e. The van der Waals surface area contributed by atoms with Crippen LogP contribution < -0.4 is 10.1 Å². The molecule has 21 heavy (non-hydrogen) atoms. The third kappa shape index (κ3) is 3.46. The first-order valence-electron chi connectivity index (χ1n) is 7.88. The van der Waals surface area contributed by atoms with Crippen molar-refractivity contribution in [2.45, 2.75) is 50.5 Å². The maximum atomic E-state index is 12.0. The second kappa shape index (κ2) is 6.33. The van der Waals surface area contributed by atoms with Gasteiger partial charge in [0.15, 0.2) is 5.78 Å². The maximum Gasteiger partial charge on any atom is 0.158 e. The molecule has 3 rings (SSSR count). The summed E-state index contributed by atoms with van der Waals surface area (Å²) in [4.78, 5) is 12.0. The van der Waals surface area contributed by atoms with Crippen LogP contribution in [0.25, 0.3) is 0 Å². The number of carbonyl (C=O) groups is 1. The molecule has 1 aromatic carbocycles. The molecule has 0 heterocycles. The van der Waals surface area contributed by atoms with Gasteiger partial charge in [0.05, 0.1) is 7.11 Å². The first kappa shape index (κ1) is 14.2. The van der Waals surface area contributed by atoms with Gasteiger partial charge in [-0.1, -0.05) is 25.0 Å². The maximum absolute atomic E-state index is 12.0. The van der Waals surface area contributed by atoms with Gasteiger partial charge in [-0.15, -0.1) is 0 Å². The van der Waals surface area contributed by atoms with Crippen molar-refractivity contribution in [3.63, 3.8) is 0 Å². The van der Waals surface area contributed by atoms with Crippen molar-refractivity contribution in [3.05, 3.63) is 41.6 Å². The van der Waals surface area contributed by atoms with Gasteiger partial charge in [-0.3, -0.25) is 4.79 Å². The van der Waals surface area contributed by atoms with Crippen LogP contribution in [-0.4, -0.2) is 18.9 Å². The van der Waals surface area contributed by atoms with E-state index in [-0.39, 0.29) is 11.7 Å². The van der Waals surface area contributed by atoms with Gasteiger partial charge in [-0.25, -0.2) is 0 Å². The lowest BCUT2D eigenvalue weighted by molar-refractivity contribution is -0.115. The first-order valence-corrected chi connectivity index (χ1v) is 7.88. The van der Waals surface area contributed by atoms with E-state index in [1.165, 1.54) is 31.2 Å². The number of ketones is 1. The van der Waals surface area contributed by atoms with E-state index in [1.54, 1.807) is 7.11 Å². The second-order valence-electron chi connectivity index (χ2n) is 6.14. The normalized spacial score (nSPS) is 23.0. The van der Waals surface area contributed by atoms with Gasteiger partial charge in [-0.05, 0) is 42.9 Å². The van der Waals surface area contributed by atoms with Gasteiger partial charge in [0.1, 0.15) is 5.75 Å². The largest absolute Gasteiger partial charge is 0.497 e. The van der Waals surface area contributed by atoms with Crippen LogP contribution in [0.4, 0.5) is 0 Å². The highest BCUT2D eigenvalue weighted by atomic mass is 16.5. The third-order valence-corrected chi connectivity index (χ3v) is 4.58. The summed E-state index contributed by atoms with van der Waals surface area (Å²) < 4.78 is 5.20. The minimum atomic E-state index is 0.238. The van der Waals surface area contributed by atoms with Crippen LogP contribution in [0.1, 0.15) is 50.0 Å². The van der Waals surface area contributed by atoms with Crippen molar-refractivity contribution >= 4 is 5.78 Å². The zero-order valence-corrected chi connectivity index (χ0v) is 12.6. The van der Waals surface area contributed by atoms with Crippen LogP contribution in [-0.2, 0) is 4.79 Å². The van der Waals surface area contributed by atoms with Crippen molar-refractivity contribution in [1.82, 2.24) is 5.32 Å². The van der Waals surface area contributed by atoms with Crippen molar-refractivity contribution < 1.29 is 9.53 Å². The van der Waals surface area contributed by atoms with E-state index in [0.29, 0.717) is 12.5 Å². The fraction of sp³-hybridized carbons (Fsp3) is 0.500. The quantitative estimate of drug-likeness (QED) is 0.919. The summed E-state index contributed by atoms with van der Waals surface area (Å²) in [6.07, 6.45) is 8.45. The summed E-state index contributed by atoms with van der Waals surface area (Å²) in [5.74, 6) is 1.39. The van der Waals surface area contributed by atoms with E-state index in [4.69, 9.17) is 4.74 Å². The third-order valence-electron chi connectivity index (χ3n) is 4.58. The molecule has 1 atom stereocenters. The molecule has 2 aliphatic rings. The predicted molar refractivity (Wildman–Crippen MR) is 83.5 cm³/mol. The second-order valence-corrected chi connectivity index (χ2v) is 6.14. The molecule has 3 heteroatoms. The Kier molecular flexibility index (Phi) is 4.28. The molecule has 1 saturated carbocycles. The monoisotopic (exact) mass is 285 g/mol. The summed E-state index contributed by atoms with van der Waals surface area (Å²) in [5.41, 5.74) is 2.35. The Morgan fingerprint density at radius 3 is 2.48 bits per heavy atom. The molecule has 2 aliphatic carbocycles. The number of carbonyl (C=O) groups excluding carboxylic acids is 1. The Morgan fingerprint density at radius 2 is 1.81 bits per heavy atom. The fourth-order valence-electron chi connectivity index (χ4n) is 3.44. The number of methoxy groups -OCH3 is 1. The standard InChI is InChI=1S/C18H23NO2/c1-21-18-8-6-13(7-9-18)14-10-16(12-17(20)11-14)19-15-4-2-3-5-15/h6-9,12,14-15,19H,2-5,10-11H2,1H3/t14-/m1/s1. The van der Waals surface area contributed by atoms with Gasteiger partial charge < -0.3 is 10.1 Å². The summed E-state index contributed by atoms with van der Waals surface area (Å²) in [5, 5.41) is 3.59. The smallest absolute Gasteiger partial charge is 0.158 e. The summed E-state index contributed by atoms with van der Waals surface area (Å²) in [6.45, 7) is 0. The topological polar surface area (TPSA) is 38.3 Å². The lowest BCUT2D eigenvalue weighted by Crippen LogP contribution is -2.29. The van der Waals surface area contributed by atoms with Gasteiger partial charge in [-0.2, -0.15) is 0 Å². The zero-order valence-electron chi connectivity index (χ0n) is 12.6. The van der Waals surface area contributed by atoms with Crippen LogP contribution in [0.5, 0.6) is 5.75 Å². The van der Waals surface area contributed by atoms with E-state index in [0.717, 1.165) is 17.9 Å². The van der Waals surface area contributed by atoms with Crippen molar-refractivity contribution in [1.29, 1.82) is 0 Å². The SMILES string of the molecule is COc1ccc([C@H]2CC(=O)C=C(NC3CCCC3)C2)cc1. The Labute approximate surface area is 126 Å². The fourth-order valence-corrected chi connectivity index (χ4v) is 3.44. The van der Waals surface area contributed by atoms with Crippen molar-refractivity contribution in [2.24, 2.45) is 0 Å². The van der Waals surface area contributed by atoms with Gasteiger partial charge >= 0.3 is 0 Å². The average Bonchev–Trinajstić information content (AvgIpc) is 2.99. The molecule has 0 amide bonds. The number of nitrogens with one attached hydrogen (secondary N) is 1. The zero-order chi connectivity index (χ0) is 14.7. The molecule has 0 unspecified atom stereocenters. The highest BCUT2D eigenvalue weighted by Gasteiger charge is 2.24. The Bertz CT molecular complexity index is 527. The lowest BCUT2D eigenvalue weighted by Gasteiger charge is -2.25. The van der Waals surface area contributed by atoms with E-state index in [1.807, 2.05) is 18.2 Å². The number of ether oxygens (including phenoxy) is 1. The van der Waals surface area contributed by atoms with Crippen LogP contribution in [0.3, 0.4) is 0 Å². The Balaban J connectivity index is 1.69. The molecule has 112 valence electrons. The number of hydrogen-bond donors (Lipinski definition) is 1. The number of hydrogen-bond acceptors (Lipinski definition) is 3. The highest BCUT2D eigenvalue weighted by Crippen LogP contribution is 2.32. The van der Waals surface area contributed by atoms with E-state index in [2.05, 4.69) is 17.4 Å². The summed E-state index contributed by atoms with van der Waals surface area (Å²) >= 11 is 0. The molecule has 3 nitrogen and oxygen atoms in total. The molecule has 1 N–H and O–H groups in total. The lowest BCUT2D eigenvalue weighted by atomic mass is 9.85. The number of rotatable bonds is 4. The predicted octanol–water partition coefficient (Wildman–Crippen LogP) is 3.56. The Morgan fingerprint density at radius 1 is 1.10 bits per heavy atom. The molecule has 0 saturated heterocycles. The van der Waals surface area contributed by atoms with E-state index in [9.17, 15) is 4.79 Å². The molecule has 0 aromatic heterocycles. The summed E-state index contributed by atoms with van der Waals surface area (Å²) in [6, 6.07) is 8.67. The van der Waals surface area contributed by atoms with Crippen LogP contribution in [0.2, 0.25) is 0 Å². The van der Waals surface area contributed by atoms with Crippen molar-refractivity contribution in [2.75, 3.05) is 7.11 Å². The summed E-state index contributed by atoms with van der Waals surface area (Å²) in [7, 11) is 1.67. The number of benzene rings is 1. The van der Waals surface area contributed by atoms with Gasteiger partial charge in [0.2, 0.25) is 0 Å². The number of allylic oxidation sites excluding steroid dienone is 2. The average molecular weight is 285 g/mol. The van der Waals surface area contributed by atoms with E-state index >= 15 is 0 Å². The van der Waals surface area contributed by atoms with E-state index < -0.39 is 0 Å². The molecular weight excluding hydrogens is 262 g/mol. The van der Waals surface area contributed by atoms with Gasteiger partial charge in [0.25, 0.3) is 0 Å². The molecule has 0 spiro atoms. The van der Waals surface area contributed by atoms with Crippen LogP contribution in [0, 0.1) is 0 Å². The molecule has 0 radical (unpaired) electrons. The van der Waals surface area contributed by atoms with Crippen LogP contribution in [0.15, 0.2) is 36.0 Å². The first-order chi connectivity index (χ1) is 10.2. The molecule has 1 fully saturated rings. The molecule has 0 bridgehead atoms. The molecule has 1 aromatic rings. The van der Waals surface area contributed by atoms with Gasteiger partial charge in [0, 0.05) is 24.2 Å². The molecular formula is C18H23NO2. The Hall–Kier alpha value is -1.77. The highest BCUT2D eigenvalue weighted by molar-refractivity contribution is 5.92. The minimum absolute atomic E-state index is 0.238. The van der Waals surface area contributed by atoms with Crippen molar-refractivity contribution in [3.8, 4) is 5.75 Å². The molecule has 0 aliphatic heterocycles.